The van der Waals surface area contributed by atoms with E-state index in [9.17, 15) is 17.6 Å². The zero-order valence-corrected chi connectivity index (χ0v) is 17.0. The van der Waals surface area contributed by atoms with Crippen LogP contribution < -0.4 is 0 Å². The molecule has 0 bridgehead atoms. The van der Waals surface area contributed by atoms with Crippen molar-refractivity contribution < 1.29 is 17.6 Å². The molecular weight excluding hydrogens is 379 g/mol. The van der Waals surface area contributed by atoms with Crippen LogP contribution in [0.1, 0.15) is 24.0 Å². The average molecular weight is 405 g/mol. The Morgan fingerprint density at radius 3 is 2.36 bits per heavy atom. The lowest BCUT2D eigenvalue weighted by Crippen LogP contribution is -2.43. The zero-order valence-electron chi connectivity index (χ0n) is 16.1. The molecule has 2 aromatic carbocycles. The summed E-state index contributed by atoms with van der Waals surface area (Å²) in [7, 11) is -2.11. The average Bonchev–Trinajstić information content (AvgIpc) is 2.69. The van der Waals surface area contributed by atoms with Crippen molar-refractivity contribution in [1.29, 1.82) is 0 Å². The molecule has 0 radical (unpaired) electrons. The Balaban J connectivity index is 1.62. The van der Waals surface area contributed by atoms with Crippen LogP contribution in [-0.2, 0) is 21.4 Å². The van der Waals surface area contributed by atoms with Crippen LogP contribution in [0.4, 0.5) is 4.39 Å². The van der Waals surface area contributed by atoms with Crippen molar-refractivity contribution in [3.63, 3.8) is 0 Å². The quantitative estimate of drug-likeness (QED) is 0.769. The fourth-order valence-corrected chi connectivity index (χ4v) is 5.10. The topological polar surface area (TPSA) is 57.7 Å². The van der Waals surface area contributed by atoms with E-state index >= 15 is 0 Å². The molecule has 1 fully saturated rings. The minimum atomic E-state index is -3.88. The molecule has 1 aliphatic heterocycles. The Morgan fingerprint density at radius 1 is 1.11 bits per heavy atom. The number of piperidine rings is 1. The lowest BCUT2D eigenvalue weighted by Gasteiger charge is -2.32. The minimum Gasteiger partial charge on any atom is -0.341 e. The van der Waals surface area contributed by atoms with Gasteiger partial charge in [0.25, 0.3) is 0 Å². The molecule has 1 saturated heterocycles. The summed E-state index contributed by atoms with van der Waals surface area (Å²) in [4.78, 5) is 14.2. The molecule has 7 heteroatoms. The van der Waals surface area contributed by atoms with Gasteiger partial charge in [-0.05, 0) is 43.0 Å². The molecule has 0 aromatic heterocycles. The number of sulfonamides is 1. The second kappa shape index (κ2) is 8.41. The van der Waals surface area contributed by atoms with E-state index in [0.717, 1.165) is 17.2 Å². The Morgan fingerprint density at radius 2 is 1.71 bits per heavy atom. The van der Waals surface area contributed by atoms with Gasteiger partial charge in [0.05, 0.1) is 0 Å². The van der Waals surface area contributed by atoms with Gasteiger partial charge in [-0.1, -0.05) is 36.4 Å². The SMILES string of the molecule is Cc1ccccc1CN(C)C(=O)C1CCN(S(=O)(=O)c2ccccc2F)CC1. The molecule has 0 unspecified atom stereocenters. The van der Waals surface area contributed by atoms with Gasteiger partial charge in [0.1, 0.15) is 10.7 Å². The van der Waals surface area contributed by atoms with Crippen molar-refractivity contribution in [2.75, 3.05) is 20.1 Å². The van der Waals surface area contributed by atoms with E-state index in [4.69, 9.17) is 0 Å². The number of amides is 1. The van der Waals surface area contributed by atoms with Crippen LogP contribution in [0.5, 0.6) is 0 Å². The number of carbonyl (C=O) groups is 1. The highest BCUT2D eigenvalue weighted by molar-refractivity contribution is 7.89. The maximum absolute atomic E-state index is 13.9. The van der Waals surface area contributed by atoms with Gasteiger partial charge in [0.2, 0.25) is 15.9 Å². The first-order valence-corrected chi connectivity index (χ1v) is 10.8. The molecule has 0 N–H and O–H groups in total. The van der Waals surface area contributed by atoms with Gasteiger partial charge < -0.3 is 4.90 Å². The summed E-state index contributed by atoms with van der Waals surface area (Å²) in [6, 6.07) is 13.3. The van der Waals surface area contributed by atoms with Gasteiger partial charge in [-0.15, -0.1) is 0 Å². The summed E-state index contributed by atoms with van der Waals surface area (Å²) in [5, 5.41) is 0. The van der Waals surface area contributed by atoms with Crippen LogP contribution in [-0.4, -0.2) is 43.7 Å². The molecule has 0 saturated carbocycles. The van der Waals surface area contributed by atoms with E-state index in [2.05, 4.69) is 0 Å². The number of carbonyl (C=O) groups excluding carboxylic acids is 1. The molecule has 150 valence electrons. The van der Waals surface area contributed by atoms with E-state index in [1.165, 1.54) is 22.5 Å². The van der Waals surface area contributed by atoms with Gasteiger partial charge in [0, 0.05) is 32.6 Å². The monoisotopic (exact) mass is 404 g/mol. The van der Waals surface area contributed by atoms with E-state index in [1.54, 1.807) is 11.9 Å². The Labute approximate surface area is 165 Å². The van der Waals surface area contributed by atoms with Crippen LogP contribution in [0, 0.1) is 18.7 Å². The normalized spacial score (nSPS) is 16.1. The highest BCUT2D eigenvalue weighted by Crippen LogP contribution is 2.26. The van der Waals surface area contributed by atoms with Crippen molar-refractivity contribution in [2.24, 2.45) is 5.92 Å². The van der Waals surface area contributed by atoms with Gasteiger partial charge in [0.15, 0.2) is 0 Å². The van der Waals surface area contributed by atoms with Crippen LogP contribution in [0.2, 0.25) is 0 Å². The predicted octanol–water partition coefficient (Wildman–Crippen LogP) is 3.19. The highest BCUT2D eigenvalue weighted by atomic mass is 32.2. The third-order valence-corrected chi connectivity index (χ3v) is 7.23. The van der Waals surface area contributed by atoms with Gasteiger partial charge in [-0.3, -0.25) is 4.79 Å². The molecule has 3 rings (SSSR count). The second-order valence-corrected chi connectivity index (χ2v) is 9.14. The van der Waals surface area contributed by atoms with Gasteiger partial charge in [-0.2, -0.15) is 4.31 Å². The van der Waals surface area contributed by atoms with Crippen molar-refractivity contribution in [2.45, 2.75) is 31.2 Å². The largest absolute Gasteiger partial charge is 0.341 e. The number of halogens is 1. The number of rotatable bonds is 5. The molecule has 0 atom stereocenters. The molecule has 1 heterocycles. The lowest BCUT2D eigenvalue weighted by molar-refractivity contribution is -0.135. The zero-order chi connectivity index (χ0) is 20.3. The van der Waals surface area contributed by atoms with Crippen LogP contribution in [0.25, 0.3) is 0 Å². The third kappa shape index (κ3) is 4.25. The van der Waals surface area contributed by atoms with Gasteiger partial charge in [-0.25, -0.2) is 12.8 Å². The van der Waals surface area contributed by atoms with Crippen LogP contribution >= 0.6 is 0 Å². The summed E-state index contributed by atoms with van der Waals surface area (Å²) >= 11 is 0. The maximum Gasteiger partial charge on any atom is 0.245 e. The minimum absolute atomic E-state index is 0.0196. The standard InChI is InChI=1S/C21H25FN2O3S/c1-16-7-3-4-8-18(16)15-23(2)21(25)17-11-13-24(14-12-17)28(26,27)20-10-6-5-9-19(20)22/h3-10,17H,11-15H2,1-2H3. The van der Waals surface area contributed by atoms with Crippen LogP contribution in [0.15, 0.2) is 53.4 Å². The van der Waals surface area contributed by atoms with E-state index in [0.29, 0.717) is 19.4 Å². The number of aryl methyl sites for hydroxylation is 1. The Bertz CT molecular complexity index is 954. The fourth-order valence-electron chi connectivity index (χ4n) is 3.57. The Kier molecular flexibility index (Phi) is 6.15. The van der Waals surface area contributed by atoms with Crippen molar-refractivity contribution >= 4 is 15.9 Å². The summed E-state index contributed by atoms with van der Waals surface area (Å²) < 4.78 is 40.6. The predicted molar refractivity (Wildman–Crippen MR) is 106 cm³/mol. The smallest absolute Gasteiger partial charge is 0.245 e. The molecule has 5 nitrogen and oxygen atoms in total. The van der Waals surface area contributed by atoms with E-state index in [-0.39, 0.29) is 29.8 Å². The van der Waals surface area contributed by atoms with E-state index in [1.807, 2.05) is 31.2 Å². The lowest BCUT2D eigenvalue weighted by atomic mass is 9.96. The number of nitrogens with zero attached hydrogens (tertiary/aromatic N) is 2. The summed E-state index contributed by atoms with van der Waals surface area (Å²) in [5.74, 6) is -0.953. The van der Waals surface area contributed by atoms with Crippen molar-refractivity contribution in [3.8, 4) is 0 Å². The van der Waals surface area contributed by atoms with Crippen molar-refractivity contribution in [1.82, 2.24) is 9.21 Å². The molecule has 0 aliphatic carbocycles. The molecule has 0 spiro atoms. The highest BCUT2D eigenvalue weighted by Gasteiger charge is 2.34. The van der Waals surface area contributed by atoms with Crippen molar-refractivity contribution in [3.05, 3.63) is 65.5 Å². The van der Waals surface area contributed by atoms with Crippen LogP contribution in [0.3, 0.4) is 0 Å². The molecule has 1 aliphatic rings. The van der Waals surface area contributed by atoms with E-state index < -0.39 is 15.8 Å². The summed E-state index contributed by atoms with van der Waals surface area (Å²) in [5.41, 5.74) is 2.23. The molecule has 28 heavy (non-hydrogen) atoms. The number of benzene rings is 2. The van der Waals surface area contributed by atoms with Gasteiger partial charge >= 0.3 is 0 Å². The second-order valence-electron chi connectivity index (χ2n) is 7.23. The number of hydrogen-bond acceptors (Lipinski definition) is 3. The first-order chi connectivity index (χ1) is 13.3. The first kappa shape index (κ1) is 20.5. The fraction of sp³-hybridized carbons (Fsp3) is 0.381. The molecule has 2 aromatic rings. The molecule has 1 amide bonds. The third-order valence-electron chi connectivity index (χ3n) is 5.30. The Hall–Kier alpha value is -2.25. The molecular formula is C21H25FN2O3S. The maximum atomic E-state index is 13.9. The summed E-state index contributed by atoms with van der Waals surface area (Å²) in [6.45, 7) is 2.97. The first-order valence-electron chi connectivity index (χ1n) is 9.35. The summed E-state index contributed by atoms with van der Waals surface area (Å²) in [6.07, 6.45) is 0.870. The number of hydrogen-bond donors (Lipinski definition) is 0.